The maximum atomic E-state index is 13.9. The average Bonchev–Trinajstić information content (AvgIpc) is 3.36. The molecule has 0 saturated heterocycles. The van der Waals surface area contributed by atoms with Gasteiger partial charge < -0.3 is 10.2 Å². The van der Waals surface area contributed by atoms with Crippen LogP contribution in [0.2, 0.25) is 0 Å². The van der Waals surface area contributed by atoms with Crippen molar-refractivity contribution in [1.29, 1.82) is 0 Å². The first-order valence-corrected chi connectivity index (χ1v) is 14.0. The van der Waals surface area contributed by atoms with Crippen LogP contribution in [0.5, 0.6) is 0 Å². The summed E-state index contributed by atoms with van der Waals surface area (Å²) in [4.78, 5) is 28.5. The largest absolute Gasteiger partial charge is 0.455 e. The van der Waals surface area contributed by atoms with Crippen LogP contribution < -0.4 is 16.9 Å². The van der Waals surface area contributed by atoms with Crippen molar-refractivity contribution in [3.63, 3.8) is 0 Å². The van der Waals surface area contributed by atoms with E-state index in [2.05, 4.69) is 25.7 Å². The molecule has 0 amide bonds. The predicted octanol–water partition coefficient (Wildman–Crippen LogP) is 7.11. The zero-order valence-electron chi connectivity index (χ0n) is 21.5. The second kappa shape index (κ2) is 9.66. The molecule has 6 aromatic rings. The molecule has 0 bridgehead atoms. The van der Waals surface area contributed by atoms with Gasteiger partial charge in [-0.05, 0) is 48.1 Å². The maximum Gasteiger partial charge on any atom is 0.261 e. The fourth-order valence-electron chi connectivity index (χ4n) is 5.47. The Kier molecular flexibility index (Phi) is 6.17. The quantitative estimate of drug-likeness (QED) is 0.144. The number of nitrogens with zero attached hydrogens (tertiary/aromatic N) is 1. The highest BCUT2D eigenvalue weighted by Crippen LogP contribution is 2.38. The van der Waals surface area contributed by atoms with E-state index in [1.165, 1.54) is 15.9 Å². The van der Waals surface area contributed by atoms with Crippen LogP contribution in [0.4, 0.5) is 5.00 Å². The van der Waals surface area contributed by atoms with Gasteiger partial charge in [-0.3, -0.25) is 14.2 Å². The summed E-state index contributed by atoms with van der Waals surface area (Å²) in [6, 6.07) is 17.2. The first-order chi connectivity index (χ1) is 18.5. The Labute approximate surface area is 223 Å². The third kappa shape index (κ3) is 3.95. The number of unbranched alkanes of at least 4 members (excludes halogenated alkanes) is 1. The summed E-state index contributed by atoms with van der Waals surface area (Å²) < 4.78 is 7.86. The van der Waals surface area contributed by atoms with Crippen LogP contribution in [0.3, 0.4) is 0 Å². The number of hydrogen-bond donors (Lipinski definition) is 1. The number of rotatable bonds is 6. The fraction of sp³-hybridized carbons (Fsp3) is 0.250. The van der Waals surface area contributed by atoms with Gasteiger partial charge in [0, 0.05) is 28.1 Å². The van der Waals surface area contributed by atoms with Crippen molar-refractivity contribution in [2.24, 2.45) is 5.92 Å². The van der Waals surface area contributed by atoms with Crippen LogP contribution in [0.1, 0.15) is 50.0 Å². The molecule has 0 spiro atoms. The lowest BCUT2D eigenvalue weighted by Crippen LogP contribution is -2.35. The van der Waals surface area contributed by atoms with Gasteiger partial charge in [-0.25, -0.2) is 0 Å². The van der Waals surface area contributed by atoms with Gasteiger partial charge in [0.15, 0.2) is 5.58 Å². The average molecular weight is 521 g/mol. The minimum atomic E-state index is -0.261. The minimum absolute atomic E-state index is 0.235. The molecule has 1 unspecified atom stereocenters. The zero-order valence-corrected chi connectivity index (χ0v) is 22.3. The molecule has 0 aliphatic rings. The van der Waals surface area contributed by atoms with E-state index in [0.29, 0.717) is 38.9 Å². The van der Waals surface area contributed by atoms with Crippen molar-refractivity contribution in [1.82, 2.24) is 4.57 Å². The lowest BCUT2D eigenvalue weighted by molar-refractivity contribution is 0.382. The third-order valence-electron chi connectivity index (χ3n) is 7.51. The van der Waals surface area contributed by atoms with Crippen molar-refractivity contribution in [2.45, 2.75) is 46.1 Å². The van der Waals surface area contributed by atoms with Crippen molar-refractivity contribution < 1.29 is 4.42 Å². The van der Waals surface area contributed by atoms with Crippen LogP contribution in [0.15, 0.2) is 68.6 Å². The molecule has 3 heterocycles. The number of aromatic nitrogens is 1. The zero-order chi connectivity index (χ0) is 26.4. The van der Waals surface area contributed by atoms with Gasteiger partial charge in [-0.15, -0.1) is 11.3 Å². The summed E-state index contributed by atoms with van der Waals surface area (Å²) in [6.07, 6.45) is 4.08. The van der Waals surface area contributed by atoms with Crippen LogP contribution in [0.25, 0.3) is 43.5 Å². The Bertz CT molecular complexity index is 2000. The molecule has 2 N–H and O–H groups in total. The van der Waals surface area contributed by atoms with E-state index in [-0.39, 0.29) is 17.0 Å². The Balaban J connectivity index is 1.70. The second-order valence-electron chi connectivity index (χ2n) is 9.90. The van der Waals surface area contributed by atoms with Gasteiger partial charge in [-0.1, -0.05) is 69.2 Å². The number of nitrogen functional groups attached to an aromatic ring is 1. The molecule has 6 heteroatoms. The van der Waals surface area contributed by atoms with Gasteiger partial charge in [0.05, 0.1) is 20.8 Å². The molecule has 1 atom stereocenters. The molecule has 6 rings (SSSR count). The minimum Gasteiger partial charge on any atom is -0.455 e. The Morgan fingerprint density at radius 2 is 1.71 bits per heavy atom. The summed E-state index contributed by atoms with van der Waals surface area (Å²) in [5.74, 6) is 6.71. The number of nitrogens with two attached hydrogens (primary N) is 1. The first kappa shape index (κ1) is 24.3. The topological polar surface area (TPSA) is 78.2 Å². The number of thiophene rings is 1. The highest BCUT2D eigenvalue weighted by atomic mass is 32.1. The van der Waals surface area contributed by atoms with Crippen molar-refractivity contribution in [3.8, 4) is 11.8 Å². The highest BCUT2D eigenvalue weighted by molar-refractivity contribution is 7.16. The summed E-state index contributed by atoms with van der Waals surface area (Å²) in [6.45, 7) is 4.71. The molecular weight excluding hydrogens is 492 g/mol. The van der Waals surface area contributed by atoms with Crippen LogP contribution >= 0.6 is 11.3 Å². The summed E-state index contributed by atoms with van der Waals surface area (Å²) in [7, 11) is 0. The Morgan fingerprint density at radius 3 is 2.47 bits per heavy atom. The van der Waals surface area contributed by atoms with E-state index in [9.17, 15) is 9.59 Å². The molecule has 0 aliphatic heterocycles. The molecule has 0 radical (unpaired) electrons. The van der Waals surface area contributed by atoms with E-state index in [1.807, 2.05) is 48.5 Å². The van der Waals surface area contributed by atoms with Crippen molar-refractivity contribution >= 4 is 59.8 Å². The summed E-state index contributed by atoms with van der Waals surface area (Å²) in [5.41, 5.74) is 7.33. The monoisotopic (exact) mass is 520 g/mol. The Hall–Kier alpha value is -4.08. The molecule has 0 aliphatic carbocycles. The van der Waals surface area contributed by atoms with E-state index < -0.39 is 0 Å². The number of para-hydroxylation sites is 1. The highest BCUT2D eigenvalue weighted by Gasteiger charge is 2.22. The lowest BCUT2D eigenvalue weighted by atomic mass is 9.93. The van der Waals surface area contributed by atoms with Crippen molar-refractivity contribution in [3.05, 3.63) is 85.7 Å². The summed E-state index contributed by atoms with van der Waals surface area (Å²) in [5, 5.41) is 5.04. The van der Waals surface area contributed by atoms with Crippen LogP contribution in [-0.2, 0) is 6.54 Å². The van der Waals surface area contributed by atoms with Gasteiger partial charge in [0.25, 0.3) is 11.1 Å². The molecule has 190 valence electrons. The van der Waals surface area contributed by atoms with E-state index in [4.69, 9.17) is 10.2 Å². The molecule has 0 fully saturated rings. The summed E-state index contributed by atoms with van der Waals surface area (Å²) >= 11 is 1.41. The van der Waals surface area contributed by atoms with Gasteiger partial charge >= 0.3 is 0 Å². The second-order valence-corrected chi connectivity index (χ2v) is 11.0. The fourth-order valence-corrected chi connectivity index (χ4v) is 6.09. The van der Waals surface area contributed by atoms with Gasteiger partial charge in [0.2, 0.25) is 0 Å². The van der Waals surface area contributed by atoms with Crippen LogP contribution in [0, 0.1) is 17.8 Å². The van der Waals surface area contributed by atoms with Gasteiger partial charge in [0.1, 0.15) is 5.58 Å². The van der Waals surface area contributed by atoms with E-state index >= 15 is 0 Å². The SMILES string of the molecule is CCCCC(CC)Cn1c(=O)c2ccc3c4ccccc4oc4c(C#Cc5ccc(N)s5)cc(c1=O)c2c43. The molecule has 5 nitrogen and oxygen atoms in total. The van der Waals surface area contributed by atoms with E-state index in [0.717, 1.165) is 52.3 Å². The number of pyridine rings is 1. The standard InChI is InChI=1S/C32H28N2O3S/c1-3-5-8-19(4-2)18-34-31(35)24-15-14-23-22-9-6-7-10-26(22)37-30-20(11-12-21-13-16-27(33)38-21)17-25(32(34)36)28(24)29(23)30/h6-7,9-10,13-17,19H,3-5,8,18,33H2,1-2H3. The number of anilines is 1. The van der Waals surface area contributed by atoms with E-state index in [1.54, 1.807) is 6.07 Å². The molecule has 38 heavy (non-hydrogen) atoms. The Morgan fingerprint density at radius 1 is 0.921 bits per heavy atom. The smallest absolute Gasteiger partial charge is 0.261 e. The van der Waals surface area contributed by atoms with Crippen molar-refractivity contribution in [2.75, 3.05) is 5.73 Å². The molecule has 3 aromatic heterocycles. The molecule has 3 aromatic carbocycles. The number of hydrogen-bond acceptors (Lipinski definition) is 5. The normalized spacial score (nSPS) is 12.5. The van der Waals surface area contributed by atoms with Crippen LogP contribution in [-0.4, -0.2) is 4.57 Å². The van der Waals surface area contributed by atoms with Gasteiger partial charge in [-0.2, -0.15) is 0 Å². The lowest BCUT2D eigenvalue weighted by Gasteiger charge is -2.18. The third-order valence-corrected chi connectivity index (χ3v) is 8.34. The number of benzene rings is 3. The molecular formula is C32H28N2O3S. The number of fused-ring (bicyclic) bond motifs is 2. The predicted molar refractivity (Wildman–Crippen MR) is 158 cm³/mol. The first-order valence-electron chi connectivity index (χ1n) is 13.1. The molecule has 0 saturated carbocycles. The maximum absolute atomic E-state index is 13.9.